The fraction of sp³-hybridized carbons (Fsp3) is 0.556. The molecule has 0 radical (unpaired) electrons. The molecule has 1 aliphatic heterocycles. The van der Waals surface area contributed by atoms with Crippen molar-refractivity contribution in [2.24, 2.45) is 0 Å². The first-order valence-electron chi connectivity index (χ1n) is 5.09. The van der Waals surface area contributed by atoms with Gasteiger partial charge >= 0.3 is 5.97 Å². The van der Waals surface area contributed by atoms with Gasteiger partial charge in [-0.05, 0) is 12.8 Å². The Hall–Kier alpha value is -0.990. The zero-order chi connectivity index (χ0) is 12.5. The van der Waals surface area contributed by atoms with Gasteiger partial charge in [-0.25, -0.2) is 18.2 Å². The first-order valence-corrected chi connectivity index (χ1v) is 7.41. The number of carbonyl (C=O) groups is 1. The first kappa shape index (κ1) is 12.5. The summed E-state index contributed by atoms with van der Waals surface area (Å²) in [4.78, 5) is 15.2. The highest BCUT2D eigenvalue weighted by Crippen LogP contribution is 2.27. The maximum atomic E-state index is 12.2. The molecule has 1 aromatic heterocycles. The van der Waals surface area contributed by atoms with Crippen LogP contribution in [0.15, 0.2) is 9.72 Å². The van der Waals surface area contributed by atoms with Crippen molar-refractivity contribution in [1.29, 1.82) is 0 Å². The van der Waals surface area contributed by atoms with E-state index in [0.29, 0.717) is 13.1 Å². The van der Waals surface area contributed by atoms with Gasteiger partial charge in [0, 0.05) is 13.1 Å². The molecule has 2 heterocycles. The van der Waals surface area contributed by atoms with Crippen molar-refractivity contribution in [3.05, 3.63) is 11.2 Å². The molecule has 6 nitrogen and oxygen atoms in total. The van der Waals surface area contributed by atoms with Gasteiger partial charge < -0.3 is 4.74 Å². The molecule has 0 spiro atoms. The smallest absolute Gasteiger partial charge is 0.358 e. The van der Waals surface area contributed by atoms with E-state index in [1.165, 1.54) is 16.9 Å². The molecule has 0 aliphatic carbocycles. The zero-order valence-corrected chi connectivity index (χ0v) is 10.9. The summed E-state index contributed by atoms with van der Waals surface area (Å²) in [5.41, 5.74) is 1.22. The monoisotopic (exact) mass is 276 g/mol. The molecule has 1 aliphatic rings. The van der Waals surface area contributed by atoms with E-state index < -0.39 is 16.0 Å². The van der Waals surface area contributed by atoms with Crippen molar-refractivity contribution >= 4 is 27.3 Å². The van der Waals surface area contributed by atoms with Gasteiger partial charge in [-0.2, -0.15) is 4.31 Å². The molecule has 1 aromatic rings. The van der Waals surface area contributed by atoms with E-state index in [2.05, 4.69) is 9.72 Å². The summed E-state index contributed by atoms with van der Waals surface area (Å²) in [5, 5.41) is 0. The lowest BCUT2D eigenvalue weighted by Gasteiger charge is -2.14. The third-order valence-corrected chi connectivity index (χ3v) is 5.80. The minimum absolute atomic E-state index is 0.0220. The standard InChI is InChI=1S/C9H12N2O4S2/c1-15-8(12)7-9(16-6-10-7)17(13,14)11-4-2-3-5-11/h6H,2-5H2,1H3. The summed E-state index contributed by atoms with van der Waals surface area (Å²) in [6.07, 6.45) is 1.71. The van der Waals surface area contributed by atoms with Crippen molar-refractivity contribution < 1.29 is 17.9 Å². The molecule has 8 heteroatoms. The quantitative estimate of drug-likeness (QED) is 0.760. The second kappa shape index (κ2) is 4.71. The van der Waals surface area contributed by atoms with Crippen LogP contribution in [0.5, 0.6) is 0 Å². The van der Waals surface area contributed by atoms with Gasteiger partial charge in [0.25, 0.3) is 10.0 Å². The average molecular weight is 276 g/mol. The van der Waals surface area contributed by atoms with E-state index >= 15 is 0 Å². The summed E-state index contributed by atoms with van der Waals surface area (Å²) >= 11 is 0.945. The van der Waals surface area contributed by atoms with Gasteiger partial charge in [-0.15, -0.1) is 11.3 Å². The molecule has 0 atom stereocenters. The minimum Gasteiger partial charge on any atom is -0.464 e. The number of methoxy groups -OCH3 is 1. The van der Waals surface area contributed by atoms with E-state index in [4.69, 9.17) is 0 Å². The average Bonchev–Trinajstić information content (AvgIpc) is 2.98. The molecular formula is C9H12N2O4S2. The van der Waals surface area contributed by atoms with E-state index in [9.17, 15) is 13.2 Å². The van der Waals surface area contributed by atoms with Crippen molar-refractivity contribution in [3.8, 4) is 0 Å². The van der Waals surface area contributed by atoms with Crippen molar-refractivity contribution in [3.63, 3.8) is 0 Å². The molecule has 0 saturated carbocycles. The molecule has 0 unspecified atom stereocenters. The van der Waals surface area contributed by atoms with E-state index in [0.717, 1.165) is 24.2 Å². The molecule has 1 fully saturated rings. The Bertz CT molecular complexity index is 517. The molecule has 0 bridgehead atoms. The van der Waals surface area contributed by atoms with Gasteiger partial charge in [0.15, 0.2) is 9.90 Å². The van der Waals surface area contributed by atoms with Crippen molar-refractivity contribution in [2.45, 2.75) is 17.1 Å². The molecule has 17 heavy (non-hydrogen) atoms. The summed E-state index contributed by atoms with van der Waals surface area (Å²) in [6, 6.07) is 0. The predicted molar refractivity (Wildman–Crippen MR) is 61.4 cm³/mol. The number of carbonyl (C=O) groups excluding carboxylic acids is 1. The fourth-order valence-corrected chi connectivity index (χ4v) is 4.48. The van der Waals surface area contributed by atoms with Crippen LogP contribution in [0.2, 0.25) is 0 Å². The lowest BCUT2D eigenvalue weighted by atomic mass is 10.4. The molecule has 0 amide bonds. The van der Waals surface area contributed by atoms with Crippen LogP contribution in [0.25, 0.3) is 0 Å². The van der Waals surface area contributed by atoms with Crippen LogP contribution < -0.4 is 0 Å². The third kappa shape index (κ3) is 2.20. The molecule has 0 N–H and O–H groups in total. The van der Waals surface area contributed by atoms with Gasteiger partial charge in [0.05, 0.1) is 12.6 Å². The Kier molecular flexibility index (Phi) is 3.45. The normalized spacial score (nSPS) is 17.2. The number of thiazole rings is 1. The maximum absolute atomic E-state index is 12.2. The Morgan fingerprint density at radius 1 is 1.47 bits per heavy atom. The van der Waals surface area contributed by atoms with Gasteiger partial charge in [0.2, 0.25) is 0 Å². The Morgan fingerprint density at radius 3 is 2.71 bits per heavy atom. The first-order chi connectivity index (χ1) is 8.07. The molecule has 2 rings (SSSR count). The van der Waals surface area contributed by atoms with Crippen molar-refractivity contribution in [2.75, 3.05) is 20.2 Å². The summed E-state index contributed by atoms with van der Waals surface area (Å²) < 4.78 is 30.3. The van der Waals surface area contributed by atoms with Crippen LogP contribution in [-0.2, 0) is 14.8 Å². The van der Waals surface area contributed by atoms with Gasteiger partial charge in [0.1, 0.15) is 0 Å². The van der Waals surface area contributed by atoms with Crippen LogP contribution in [0, 0.1) is 0 Å². The van der Waals surface area contributed by atoms with E-state index in [1.54, 1.807) is 0 Å². The maximum Gasteiger partial charge on any atom is 0.358 e. The Balaban J connectivity index is 2.39. The van der Waals surface area contributed by atoms with E-state index in [1.807, 2.05) is 0 Å². The SMILES string of the molecule is COC(=O)c1ncsc1S(=O)(=O)N1CCCC1. The third-order valence-electron chi connectivity index (χ3n) is 2.55. The van der Waals surface area contributed by atoms with Gasteiger partial charge in [-0.3, -0.25) is 0 Å². The number of ether oxygens (including phenoxy) is 1. The second-order valence-electron chi connectivity index (χ2n) is 3.59. The molecule has 1 saturated heterocycles. The largest absolute Gasteiger partial charge is 0.464 e. The Labute approximate surface area is 103 Å². The topological polar surface area (TPSA) is 76.6 Å². The summed E-state index contributed by atoms with van der Waals surface area (Å²) in [6.45, 7) is 1.00. The number of hydrogen-bond donors (Lipinski definition) is 0. The van der Waals surface area contributed by atoms with Crippen LogP contribution in [0.4, 0.5) is 0 Å². The van der Waals surface area contributed by atoms with Crippen LogP contribution >= 0.6 is 11.3 Å². The summed E-state index contributed by atoms with van der Waals surface area (Å²) in [5.74, 6) is -0.718. The number of nitrogens with zero attached hydrogens (tertiary/aromatic N) is 2. The van der Waals surface area contributed by atoms with E-state index in [-0.39, 0.29) is 9.90 Å². The number of hydrogen-bond acceptors (Lipinski definition) is 6. The van der Waals surface area contributed by atoms with Crippen LogP contribution in [0.3, 0.4) is 0 Å². The number of esters is 1. The highest BCUT2D eigenvalue weighted by atomic mass is 32.2. The highest BCUT2D eigenvalue weighted by molar-refractivity contribution is 7.91. The summed E-state index contributed by atoms with van der Waals surface area (Å²) in [7, 11) is -2.39. The van der Waals surface area contributed by atoms with Crippen LogP contribution in [-0.4, -0.2) is 43.9 Å². The number of sulfonamides is 1. The zero-order valence-electron chi connectivity index (χ0n) is 9.25. The van der Waals surface area contributed by atoms with Crippen molar-refractivity contribution in [1.82, 2.24) is 9.29 Å². The predicted octanol–water partition coefficient (Wildman–Crippen LogP) is 0.714. The van der Waals surface area contributed by atoms with Gasteiger partial charge in [-0.1, -0.05) is 0 Å². The molecule has 0 aromatic carbocycles. The van der Waals surface area contributed by atoms with Crippen LogP contribution in [0.1, 0.15) is 23.3 Å². The second-order valence-corrected chi connectivity index (χ2v) is 6.58. The lowest BCUT2D eigenvalue weighted by Crippen LogP contribution is -2.28. The highest BCUT2D eigenvalue weighted by Gasteiger charge is 2.33. The lowest BCUT2D eigenvalue weighted by molar-refractivity contribution is 0.0590. The molecule has 94 valence electrons. The molecular weight excluding hydrogens is 264 g/mol. The number of aromatic nitrogens is 1. The number of rotatable bonds is 3. The minimum atomic E-state index is -3.59. The fourth-order valence-electron chi connectivity index (χ4n) is 1.70. The Morgan fingerprint density at radius 2 is 2.12 bits per heavy atom.